The topological polar surface area (TPSA) is 137 Å². The van der Waals surface area contributed by atoms with Gasteiger partial charge >= 0.3 is 0 Å². The van der Waals surface area contributed by atoms with E-state index in [0.717, 1.165) is 4.70 Å². The van der Waals surface area contributed by atoms with Crippen LogP contribution in [0.3, 0.4) is 0 Å². The summed E-state index contributed by atoms with van der Waals surface area (Å²) in [6.45, 7) is 0.0965. The summed E-state index contributed by atoms with van der Waals surface area (Å²) in [5, 5.41) is 26.6. The number of nitro groups is 2. The van der Waals surface area contributed by atoms with Gasteiger partial charge in [0.1, 0.15) is 6.61 Å². The molecule has 1 N–H and O–H groups in total. The first-order chi connectivity index (χ1) is 17.2. The number of thiophene rings is 1. The Labute approximate surface area is 217 Å². The number of nitrogens with one attached hydrogen (secondary N) is 1. The van der Waals surface area contributed by atoms with Crippen molar-refractivity contribution in [2.45, 2.75) is 6.61 Å². The number of hydrogen-bond donors (Lipinski definition) is 1. The van der Waals surface area contributed by atoms with Crippen molar-refractivity contribution in [1.82, 2.24) is 5.43 Å². The standard InChI is InChI=1S/C23H14Cl2N4O6S/c24-18-7-14(8-19(25)22(18)35-12-13-1-3-16(4-2-13)28(31)32)11-26-27-23(30)21-10-15-9-17(29(33)34)5-6-20(15)36-21/h1-11H,12H2,(H,27,30)/b26-11-. The van der Waals surface area contributed by atoms with E-state index in [2.05, 4.69) is 10.5 Å². The van der Waals surface area contributed by atoms with Crippen LogP contribution in [0, 0.1) is 20.2 Å². The van der Waals surface area contributed by atoms with Crippen LogP contribution in [0.25, 0.3) is 10.1 Å². The third kappa shape index (κ3) is 5.77. The third-order valence-corrected chi connectivity index (χ3v) is 6.54. The Bertz CT molecular complexity index is 1500. The number of benzene rings is 3. The van der Waals surface area contributed by atoms with Crippen molar-refractivity contribution in [1.29, 1.82) is 0 Å². The second-order valence-corrected chi connectivity index (χ2v) is 9.21. The van der Waals surface area contributed by atoms with Gasteiger partial charge in [-0.2, -0.15) is 5.10 Å². The fourth-order valence-corrected chi connectivity index (χ4v) is 4.68. The van der Waals surface area contributed by atoms with Gasteiger partial charge in [-0.1, -0.05) is 23.2 Å². The van der Waals surface area contributed by atoms with Crippen LogP contribution in [0.15, 0.2) is 65.8 Å². The smallest absolute Gasteiger partial charge is 0.281 e. The maximum Gasteiger partial charge on any atom is 0.281 e. The minimum atomic E-state index is -0.497. The molecule has 10 nitrogen and oxygen atoms in total. The second kappa shape index (κ2) is 10.7. The number of nitro benzene ring substituents is 2. The summed E-state index contributed by atoms with van der Waals surface area (Å²) in [5.41, 5.74) is 3.51. The molecule has 13 heteroatoms. The fourth-order valence-electron chi connectivity index (χ4n) is 3.14. The van der Waals surface area contributed by atoms with Crippen molar-refractivity contribution in [3.63, 3.8) is 0 Å². The molecule has 4 aromatic rings. The highest BCUT2D eigenvalue weighted by Crippen LogP contribution is 2.34. The third-order valence-electron chi connectivity index (χ3n) is 4.87. The van der Waals surface area contributed by atoms with Gasteiger partial charge in [-0.3, -0.25) is 25.0 Å². The van der Waals surface area contributed by atoms with E-state index in [4.69, 9.17) is 27.9 Å². The average molecular weight is 545 g/mol. The Morgan fingerprint density at radius 3 is 2.25 bits per heavy atom. The molecule has 182 valence electrons. The second-order valence-electron chi connectivity index (χ2n) is 7.31. The van der Waals surface area contributed by atoms with E-state index in [1.807, 2.05) is 0 Å². The molecule has 1 heterocycles. The van der Waals surface area contributed by atoms with E-state index in [0.29, 0.717) is 21.4 Å². The number of amides is 1. The van der Waals surface area contributed by atoms with E-state index >= 15 is 0 Å². The van der Waals surface area contributed by atoms with Crippen molar-refractivity contribution in [2.75, 3.05) is 0 Å². The first kappa shape index (κ1) is 25.0. The first-order valence-electron chi connectivity index (χ1n) is 10.1. The van der Waals surface area contributed by atoms with Gasteiger partial charge in [-0.05, 0) is 47.5 Å². The summed E-state index contributed by atoms with van der Waals surface area (Å²) in [7, 11) is 0. The van der Waals surface area contributed by atoms with E-state index in [-0.39, 0.29) is 33.8 Å². The molecule has 0 bridgehead atoms. The highest BCUT2D eigenvalue weighted by Gasteiger charge is 2.14. The molecule has 0 spiro atoms. The highest BCUT2D eigenvalue weighted by atomic mass is 35.5. The lowest BCUT2D eigenvalue weighted by Crippen LogP contribution is -2.16. The SMILES string of the molecule is O=C(N/N=C\c1cc(Cl)c(OCc2ccc([N+](=O)[O-])cc2)c(Cl)c1)c1cc2cc([N+](=O)[O-])ccc2s1. The summed E-state index contributed by atoms with van der Waals surface area (Å²) >= 11 is 13.8. The van der Waals surface area contributed by atoms with Gasteiger partial charge in [0.2, 0.25) is 0 Å². The van der Waals surface area contributed by atoms with Crippen molar-refractivity contribution >= 4 is 68.1 Å². The molecule has 4 rings (SSSR count). The maximum atomic E-state index is 12.4. The van der Waals surface area contributed by atoms with Gasteiger partial charge in [0.05, 0.1) is 31.0 Å². The van der Waals surface area contributed by atoms with E-state index in [1.54, 1.807) is 36.4 Å². The number of hydrogen-bond acceptors (Lipinski definition) is 8. The quantitative estimate of drug-likeness (QED) is 0.155. The zero-order chi connectivity index (χ0) is 25.8. The molecular formula is C23H14Cl2N4O6S. The average Bonchev–Trinajstić information content (AvgIpc) is 3.27. The molecule has 0 aliphatic carbocycles. The Morgan fingerprint density at radius 1 is 0.972 bits per heavy atom. The predicted octanol–water partition coefficient (Wildman–Crippen LogP) is 6.37. The molecule has 0 atom stereocenters. The predicted molar refractivity (Wildman–Crippen MR) is 137 cm³/mol. The number of ether oxygens (including phenoxy) is 1. The van der Waals surface area contributed by atoms with Crippen LogP contribution in [0.5, 0.6) is 5.75 Å². The largest absolute Gasteiger partial charge is 0.486 e. The molecule has 1 amide bonds. The molecule has 36 heavy (non-hydrogen) atoms. The summed E-state index contributed by atoms with van der Waals surface area (Å²) in [6.07, 6.45) is 1.36. The Morgan fingerprint density at radius 2 is 1.61 bits per heavy atom. The van der Waals surface area contributed by atoms with Gasteiger partial charge in [-0.25, -0.2) is 5.43 Å². The van der Waals surface area contributed by atoms with Crippen LogP contribution in [-0.4, -0.2) is 22.0 Å². The van der Waals surface area contributed by atoms with Crippen LogP contribution in [-0.2, 0) is 6.61 Å². The minimum absolute atomic E-state index is 0.0260. The number of halogens is 2. The fraction of sp³-hybridized carbons (Fsp3) is 0.0435. The monoisotopic (exact) mass is 544 g/mol. The van der Waals surface area contributed by atoms with Crippen LogP contribution in [0.2, 0.25) is 10.0 Å². The maximum absolute atomic E-state index is 12.4. The van der Waals surface area contributed by atoms with E-state index in [9.17, 15) is 25.0 Å². The number of carbonyl (C=O) groups is 1. The van der Waals surface area contributed by atoms with Crippen LogP contribution in [0.1, 0.15) is 20.8 Å². The zero-order valence-electron chi connectivity index (χ0n) is 18.0. The van der Waals surface area contributed by atoms with Gasteiger partial charge in [0.15, 0.2) is 5.75 Å². The van der Waals surface area contributed by atoms with Gasteiger partial charge in [0, 0.05) is 34.4 Å². The normalized spacial score (nSPS) is 11.1. The van der Waals surface area contributed by atoms with Crippen molar-refractivity contribution in [2.24, 2.45) is 5.10 Å². The number of fused-ring (bicyclic) bond motifs is 1. The van der Waals surface area contributed by atoms with Crippen molar-refractivity contribution in [3.05, 3.63) is 107 Å². The van der Waals surface area contributed by atoms with E-state index in [1.165, 1.54) is 41.8 Å². The number of carbonyl (C=O) groups excluding carboxylic acids is 1. The molecule has 0 saturated carbocycles. The van der Waals surface area contributed by atoms with Crippen molar-refractivity contribution < 1.29 is 19.4 Å². The Kier molecular flexibility index (Phi) is 7.44. The summed E-state index contributed by atoms with van der Waals surface area (Å²) in [5.74, 6) is -0.243. The van der Waals surface area contributed by atoms with Gasteiger partial charge < -0.3 is 4.74 Å². The molecule has 0 aliphatic heterocycles. The first-order valence-corrected chi connectivity index (χ1v) is 11.6. The van der Waals surface area contributed by atoms with Crippen LogP contribution < -0.4 is 10.2 Å². The molecule has 0 saturated heterocycles. The number of nitrogens with zero attached hydrogens (tertiary/aromatic N) is 3. The van der Waals surface area contributed by atoms with Gasteiger partial charge in [0.25, 0.3) is 17.3 Å². The van der Waals surface area contributed by atoms with Gasteiger partial charge in [-0.15, -0.1) is 11.3 Å². The lowest BCUT2D eigenvalue weighted by Gasteiger charge is -2.11. The molecule has 0 radical (unpaired) electrons. The Balaban J connectivity index is 1.39. The van der Waals surface area contributed by atoms with E-state index < -0.39 is 15.8 Å². The molecule has 3 aromatic carbocycles. The lowest BCUT2D eigenvalue weighted by molar-refractivity contribution is -0.385. The summed E-state index contributed by atoms with van der Waals surface area (Å²) < 4.78 is 6.41. The zero-order valence-corrected chi connectivity index (χ0v) is 20.3. The number of hydrazone groups is 1. The minimum Gasteiger partial charge on any atom is -0.486 e. The van der Waals surface area contributed by atoms with Crippen LogP contribution >= 0.6 is 34.5 Å². The lowest BCUT2D eigenvalue weighted by atomic mass is 10.2. The molecule has 1 aromatic heterocycles. The highest BCUT2D eigenvalue weighted by molar-refractivity contribution is 7.20. The molecule has 0 aliphatic rings. The molecule has 0 unspecified atom stereocenters. The number of rotatable bonds is 8. The Hall–Kier alpha value is -4.06. The molecular weight excluding hydrogens is 531 g/mol. The number of non-ortho nitro benzene ring substituents is 2. The van der Waals surface area contributed by atoms with Crippen molar-refractivity contribution in [3.8, 4) is 5.75 Å². The molecule has 0 fully saturated rings. The van der Waals surface area contributed by atoms with Crippen LogP contribution in [0.4, 0.5) is 11.4 Å². The summed E-state index contributed by atoms with van der Waals surface area (Å²) in [4.78, 5) is 33.5. The summed E-state index contributed by atoms with van der Waals surface area (Å²) in [6, 6.07) is 14.9.